The lowest BCUT2D eigenvalue weighted by molar-refractivity contribution is 0.0360. The monoisotopic (exact) mass is 393 g/mol. The van der Waals surface area contributed by atoms with Crippen molar-refractivity contribution in [1.29, 1.82) is 0 Å². The third-order valence-corrected chi connectivity index (χ3v) is 4.63. The van der Waals surface area contributed by atoms with E-state index < -0.39 is 0 Å². The highest BCUT2D eigenvalue weighted by molar-refractivity contribution is 6.04. The first-order chi connectivity index (χ1) is 14.3. The number of carbonyl (C=O) groups excluding carboxylic acids is 1. The van der Waals surface area contributed by atoms with Crippen LogP contribution >= 0.6 is 0 Å². The molecule has 0 radical (unpaired) electrons. The summed E-state index contributed by atoms with van der Waals surface area (Å²) in [5.74, 6) is 1.10. The summed E-state index contributed by atoms with van der Waals surface area (Å²) < 4.78 is 12.9. The maximum absolute atomic E-state index is 12.5. The molecule has 29 heavy (non-hydrogen) atoms. The molecule has 0 bridgehead atoms. The summed E-state index contributed by atoms with van der Waals surface area (Å²) in [4.78, 5) is 18.8. The SMILES string of the molecule is O=C(Nc1cnn(CCN2CCOCC2)c1)c1ccc(Oc2cccnc2)cc1. The Balaban J connectivity index is 1.29. The Kier molecular flexibility index (Phi) is 6.13. The fraction of sp³-hybridized carbons (Fsp3) is 0.286. The molecule has 4 rings (SSSR count). The molecule has 8 nitrogen and oxygen atoms in total. The number of benzene rings is 1. The Labute approximate surface area is 169 Å². The lowest BCUT2D eigenvalue weighted by Gasteiger charge is -2.26. The molecule has 1 aliphatic rings. The third kappa shape index (κ3) is 5.40. The number of nitrogens with one attached hydrogen (secondary N) is 1. The van der Waals surface area contributed by atoms with Gasteiger partial charge in [-0.25, -0.2) is 0 Å². The van der Waals surface area contributed by atoms with Gasteiger partial charge in [0.1, 0.15) is 11.5 Å². The normalized spacial score (nSPS) is 14.5. The number of amides is 1. The first-order valence-electron chi connectivity index (χ1n) is 9.58. The minimum absolute atomic E-state index is 0.189. The average molecular weight is 393 g/mol. The first-order valence-corrected chi connectivity index (χ1v) is 9.58. The van der Waals surface area contributed by atoms with E-state index in [1.54, 1.807) is 48.9 Å². The second kappa shape index (κ2) is 9.31. The Morgan fingerprint density at radius 1 is 1.07 bits per heavy atom. The third-order valence-electron chi connectivity index (χ3n) is 4.63. The molecule has 0 spiro atoms. The molecule has 1 fully saturated rings. The fourth-order valence-corrected chi connectivity index (χ4v) is 3.04. The van der Waals surface area contributed by atoms with E-state index in [1.165, 1.54) is 0 Å². The van der Waals surface area contributed by atoms with E-state index >= 15 is 0 Å². The molecule has 0 saturated carbocycles. The van der Waals surface area contributed by atoms with E-state index in [9.17, 15) is 4.79 Å². The first kappa shape index (κ1) is 19.1. The topological polar surface area (TPSA) is 81.5 Å². The second-order valence-corrected chi connectivity index (χ2v) is 6.72. The molecule has 1 amide bonds. The molecule has 1 saturated heterocycles. The lowest BCUT2D eigenvalue weighted by atomic mass is 10.2. The number of ether oxygens (including phenoxy) is 2. The van der Waals surface area contributed by atoms with Crippen molar-refractivity contribution in [2.45, 2.75) is 6.54 Å². The van der Waals surface area contributed by atoms with Crippen LogP contribution in [0.15, 0.2) is 61.2 Å². The van der Waals surface area contributed by atoms with Gasteiger partial charge in [-0.15, -0.1) is 0 Å². The van der Waals surface area contributed by atoms with Gasteiger partial charge in [-0.3, -0.25) is 19.4 Å². The minimum Gasteiger partial charge on any atom is -0.456 e. The Bertz CT molecular complexity index is 921. The Morgan fingerprint density at radius 2 is 1.90 bits per heavy atom. The lowest BCUT2D eigenvalue weighted by Crippen LogP contribution is -2.38. The molecule has 0 atom stereocenters. The number of nitrogens with zero attached hydrogens (tertiary/aromatic N) is 4. The number of hydrogen-bond acceptors (Lipinski definition) is 6. The summed E-state index contributed by atoms with van der Waals surface area (Å²) in [5, 5.41) is 7.21. The van der Waals surface area contributed by atoms with Crippen molar-refractivity contribution in [3.8, 4) is 11.5 Å². The zero-order chi connectivity index (χ0) is 19.9. The summed E-state index contributed by atoms with van der Waals surface area (Å²) in [6.45, 7) is 5.16. The molecule has 0 aliphatic carbocycles. The molecule has 150 valence electrons. The van der Waals surface area contributed by atoms with Crippen molar-refractivity contribution in [2.24, 2.45) is 0 Å². The van der Waals surface area contributed by atoms with E-state index in [0.717, 1.165) is 39.4 Å². The Morgan fingerprint density at radius 3 is 2.66 bits per heavy atom. The molecule has 8 heteroatoms. The maximum Gasteiger partial charge on any atom is 0.255 e. The van der Waals surface area contributed by atoms with Crippen LogP contribution in [0.2, 0.25) is 0 Å². The number of pyridine rings is 1. The van der Waals surface area contributed by atoms with Crippen molar-refractivity contribution >= 4 is 11.6 Å². The number of anilines is 1. The summed E-state index contributed by atoms with van der Waals surface area (Å²) >= 11 is 0. The predicted octanol–water partition coefficient (Wildman–Crippen LogP) is 2.65. The van der Waals surface area contributed by atoms with Gasteiger partial charge in [0.25, 0.3) is 5.91 Å². The molecule has 0 unspecified atom stereocenters. The molecular weight excluding hydrogens is 370 g/mol. The summed E-state index contributed by atoms with van der Waals surface area (Å²) in [6.07, 6.45) is 6.83. The molecular formula is C21H23N5O3. The highest BCUT2D eigenvalue weighted by Crippen LogP contribution is 2.21. The van der Waals surface area contributed by atoms with Gasteiger partial charge in [-0.2, -0.15) is 5.10 Å². The van der Waals surface area contributed by atoms with Crippen LogP contribution in [-0.4, -0.2) is 58.4 Å². The van der Waals surface area contributed by atoms with Gasteiger partial charge in [-0.1, -0.05) is 0 Å². The fourth-order valence-electron chi connectivity index (χ4n) is 3.04. The number of hydrogen-bond donors (Lipinski definition) is 1. The van der Waals surface area contributed by atoms with Crippen molar-refractivity contribution in [3.05, 3.63) is 66.7 Å². The van der Waals surface area contributed by atoms with Crippen molar-refractivity contribution in [1.82, 2.24) is 19.7 Å². The van der Waals surface area contributed by atoms with E-state index in [-0.39, 0.29) is 5.91 Å². The number of rotatable bonds is 7. The summed E-state index contributed by atoms with van der Waals surface area (Å²) in [5.41, 5.74) is 1.22. The molecule has 2 aromatic heterocycles. The van der Waals surface area contributed by atoms with Crippen LogP contribution in [0, 0.1) is 0 Å². The minimum atomic E-state index is -0.189. The van der Waals surface area contributed by atoms with Gasteiger partial charge in [-0.05, 0) is 36.4 Å². The van der Waals surface area contributed by atoms with E-state index in [1.807, 2.05) is 16.9 Å². The average Bonchev–Trinajstić information content (AvgIpc) is 3.21. The van der Waals surface area contributed by atoms with Gasteiger partial charge in [0.2, 0.25) is 0 Å². The van der Waals surface area contributed by atoms with E-state index in [0.29, 0.717) is 22.7 Å². The largest absolute Gasteiger partial charge is 0.456 e. The van der Waals surface area contributed by atoms with Crippen LogP contribution in [0.1, 0.15) is 10.4 Å². The number of aromatic nitrogens is 3. The zero-order valence-electron chi connectivity index (χ0n) is 16.0. The summed E-state index contributed by atoms with van der Waals surface area (Å²) in [7, 11) is 0. The van der Waals surface area contributed by atoms with Gasteiger partial charge in [0.15, 0.2) is 0 Å². The molecule has 1 aliphatic heterocycles. The highest BCUT2D eigenvalue weighted by atomic mass is 16.5. The van der Waals surface area contributed by atoms with Crippen LogP contribution in [-0.2, 0) is 11.3 Å². The standard InChI is InChI=1S/C21H23N5O3/c27-21(17-3-5-19(6-4-17)29-20-2-1-7-22-15-20)24-18-14-23-26(16-18)9-8-25-10-12-28-13-11-25/h1-7,14-16H,8-13H2,(H,24,27). The molecule has 3 aromatic rings. The van der Waals surface area contributed by atoms with E-state index in [4.69, 9.17) is 9.47 Å². The van der Waals surface area contributed by atoms with Crippen LogP contribution in [0.5, 0.6) is 11.5 Å². The predicted molar refractivity (Wildman–Crippen MR) is 108 cm³/mol. The van der Waals surface area contributed by atoms with Crippen molar-refractivity contribution in [3.63, 3.8) is 0 Å². The Hall–Kier alpha value is -3.23. The zero-order valence-corrected chi connectivity index (χ0v) is 16.0. The number of morpholine rings is 1. The quantitative estimate of drug-likeness (QED) is 0.665. The number of carbonyl (C=O) groups is 1. The van der Waals surface area contributed by atoms with Gasteiger partial charge >= 0.3 is 0 Å². The molecule has 3 heterocycles. The van der Waals surface area contributed by atoms with E-state index in [2.05, 4.69) is 20.3 Å². The highest BCUT2D eigenvalue weighted by Gasteiger charge is 2.11. The molecule has 1 N–H and O–H groups in total. The van der Waals surface area contributed by atoms with Gasteiger partial charge < -0.3 is 14.8 Å². The van der Waals surface area contributed by atoms with Gasteiger partial charge in [0, 0.05) is 37.6 Å². The second-order valence-electron chi connectivity index (χ2n) is 6.72. The smallest absolute Gasteiger partial charge is 0.255 e. The van der Waals surface area contributed by atoms with Gasteiger partial charge in [0.05, 0.1) is 37.8 Å². The molecule has 1 aromatic carbocycles. The van der Waals surface area contributed by atoms with Crippen LogP contribution in [0.4, 0.5) is 5.69 Å². The van der Waals surface area contributed by atoms with Crippen LogP contribution in [0.25, 0.3) is 0 Å². The summed E-state index contributed by atoms with van der Waals surface area (Å²) in [6, 6.07) is 10.6. The van der Waals surface area contributed by atoms with Crippen molar-refractivity contribution < 1.29 is 14.3 Å². The van der Waals surface area contributed by atoms with Crippen LogP contribution < -0.4 is 10.1 Å². The van der Waals surface area contributed by atoms with Crippen molar-refractivity contribution in [2.75, 3.05) is 38.2 Å². The maximum atomic E-state index is 12.5. The van der Waals surface area contributed by atoms with Crippen LogP contribution in [0.3, 0.4) is 0 Å².